The average Bonchev–Trinajstić information content (AvgIpc) is 1.55. The van der Waals surface area contributed by atoms with Gasteiger partial charge in [-0.15, -0.1) is 0 Å². The lowest BCUT2D eigenvalue weighted by molar-refractivity contribution is -0.366. The molecule has 35 unspecified atom stereocenters. The molecule has 46 heteroatoms. The lowest BCUT2D eigenvalue weighted by atomic mass is 9.44. The van der Waals surface area contributed by atoms with Crippen LogP contribution in [0.25, 0.3) is 0 Å². The van der Waals surface area contributed by atoms with Crippen LogP contribution in [-0.4, -0.2) is 495 Å². The van der Waals surface area contributed by atoms with Crippen LogP contribution in [0.3, 0.4) is 0 Å². The van der Waals surface area contributed by atoms with Gasteiger partial charge in [0.25, 0.3) is 0 Å². The summed E-state index contributed by atoms with van der Waals surface area (Å²) in [6.07, 6.45) is -46.9. The van der Waals surface area contributed by atoms with E-state index in [1.54, 1.807) is 0 Å². The lowest BCUT2D eigenvalue weighted by Gasteiger charge is -2.61. The topological polar surface area (TPSA) is 722 Å². The van der Waals surface area contributed by atoms with E-state index in [1.807, 2.05) is 0 Å². The van der Waals surface area contributed by atoms with Crippen LogP contribution in [-0.2, 0) is 90.0 Å². The second kappa shape index (κ2) is 50.2. The van der Waals surface area contributed by atoms with Gasteiger partial charge in [-0.25, -0.2) is 0 Å². The third-order valence-corrected chi connectivity index (χ3v) is 39.3. The third kappa shape index (κ3) is 23.6. The van der Waals surface area contributed by atoms with Gasteiger partial charge in [0.15, 0.2) is 50.3 Å². The highest BCUT2D eigenvalue weighted by Crippen LogP contribution is 2.71. The largest absolute Gasteiger partial charge is 0.394 e. The molecule has 148 heavy (non-hydrogen) atoms. The lowest BCUT2D eigenvalue weighted by Crippen LogP contribution is -2.65. The Balaban J connectivity index is 0.578. The van der Waals surface area contributed by atoms with Gasteiger partial charge >= 0.3 is 0 Å². The van der Waals surface area contributed by atoms with E-state index in [4.69, 9.17) is 90.0 Å². The normalized spacial score (nSPS) is 51.8. The Kier molecular flexibility index (Phi) is 40.2. The maximum atomic E-state index is 12.1. The summed E-state index contributed by atoms with van der Waals surface area (Å²) in [5.74, 6) is 4.64. The van der Waals surface area contributed by atoms with Gasteiger partial charge < -0.3 is 228 Å². The van der Waals surface area contributed by atoms with Crippen LogP contribution in [0.15, 0.2) is 0 Å². The summed E-state index contributed by atoms with van der Waals surface area (Å²) in [6, 6.07) is 0. The fourth-order valence-electron chi connectivity index (χ4n) is 30.7. The van der Waals surface area contributed by atoms with Gasteiger partial charge in [-0.1, -0.05) is 41.5 Å². The zero-order chi connectivity index (χ0) is 107. The summed E-state index contributed by atoms with van der Waals surface area (Å²) in [7, 11) is 1.39. The Labute approximate surface area is 862 Å². The van der Waals surface area contributed by atoms with E-state index in [2.05, 4.69) is 41.5 Å². The molecule has 8 aliphatic heterocycles. The van der Waals surface area contributed by atoms with Crippen molar-refractivity contribution < 1.29 is 228 Å². The smallest absolute Gasteiger partial charge is 0.187 e. The van der Waals surface area contributed by atoms with E-state index in [0.717, 1.165) is 109 Å². The van der Waals surface area contributed by atoms with Crippen LogP contribution in [0.5, 0.6) is 0 Å². The molecule has 46 nitrogen and oxygen atoms in total. The number of ether oxygens (including phenoxy) is 19. The molecule has 0 aromatic carbocycles. The molecule has 0 spiro atoms. The van der Waals surface area contributed by atoms with E-state index in [-0.39, 0.29) is 78.0 Å². The van der Waals surface area contributed by atoms with Gasteiger partial charge in [0.2, 0.25) is 0 Å². The quantitative estimate of drug-likeness (QED) is 0.0200. The Bertz CT molecular complexity index is 3960. The van der Waals surface area contributed by atoms with E-state index in [1.165, 1.54) is 7.11 Å². The molecule has 0 amide bonds. The van der Waals surface area contributed by atoms with Gasteiger partial charge in [0.1, 0.15) is 195 Å². The first-order valence-corrected chi connectivity index (χ1v) is 54.5. The fourth-order valence-corrected chi connectivity index (χ4v) is 30.7. The van der Waals surface area contributed by atoms with Crippen LogP contribution in [0.1, 0.15) is 183 Å². The fraction of sp³-hybridized carbons (Fsp3) is 1.00. The van der Waals surface area contributed by atoms with Crippen LogP contribution in [0.4, 0.5) is 0 Å². The second-order valence-electron chi connectivity index (χ2n) is 47.5. The number of rotatable bonds is 41. The molecule has 59 atom stereocenters. The van der Waals surface area contributed by atoms with Crippen molar-refractivity contribution in [2.75, 3.05) is 99.6 Å². The van der Waals surface area contributed by atoms with Crippen LogP contribution < -0.4 is 0 Å². The highest BCUT2D eigenvalue weighted by Gasteiger charge is 2.66. The van der Waals surface area contributed by atoms with Crippen LogP contribution >= 0.6 is 0 Å². The van der Waals surface area contributed by atoms with Crippen molar-refractivity contribution in [3.05, 3.63) is 0 Å². The molecule has 27 N–H and O–H groups in total. The van der Waals surface area contributed by atoms with Crippen molar-refractivity contribution in [2.24, 2.45) is 98.1 Å². The Morgan fingerprint density at radius 3 is 0.878 bits per heavy atom. The maximum Gasteiger partial charge on any atom is 0.187 e. The predicted molar refractivity (Wildman–Crippen MR) is 503 cm³/mol. The average molecular weight is 2140 g/mol. The van der Waals surface area contributed by atoms with Crippen molar-refractivity contribution in [3.8, 4) is 0 Å². The molecular formula is C102H174O46. The van der Waals surface area contributed by atoms with Gasteiger partial charge in [0, 0.05) is 20.3 Å². The minimum Gasteiger partial charge on any atom is -0.394 e. The maximum absolute atomic E-state index is 12.1. The van der Waals surface area contributed by atoms with Crippen molar-refractivity contribution in [1.82, 2.24) is 0 Å². The molecular weight excluding hydrogens is 1960 g/mol. The van der Waals surface area contributed by atoms with Crippen molar-refractivity contribution in [2.45, 2.75) is 441 Å². The first-order valence-electron chi connectivity index (χ1n) is 54.5. The molecule has 16 fully saturated rings. The molecule has 16 rings (SSSR count). The standard InChI is InChI=1S/C102H174O46/c1-44(52-16-18-54-50-14-12-46-30-48(20-24-98(46,3)56(50)22-26-100(52,54)5)135-92-83(128)76(121)87(64(38-109)143-92)147-95-79(124)72(117)68(113)60(34-105)139-95)10-8-28-131-40-102(42-133-90-81(126)74(119)85(62(36-107)141-90)145-93-77(122)70(115)66(111)58(32-103)137-93,43-134-91-82(127)75(120)86(63(37-108)142-91)146-94-78(123)71(116)67(112)59(33-104)138-94)41-132-29-9-11-45(2)53-17-19-55-51-15-13-47-31-49(21-25-99(47,4)57(51)23-27-101(53,55)6)136-97-89(130-7)84(129)88(65(39-110)144-97)148-96-80(125)73(118)69(114)61(35-106)140-96/h44-97,103-129H,8-43H2,1-7H3/t44?,45?,46?,47?,48?,49?,50?,51?,52?,53?,54?,55?,56?,57?,58?,59?,60?,61?,62?,63?,64?,65?,66-,67+,68-,69+,70?,71?,72?,73?,74?,75?,76?,77+,78-,79+,80-,81+,82-,83+,84?,85-,86+,87-,88+,89-,90-,91+,92-,93-,94+,95-,96+,97+,98?,99?,100?,101?,102?/m0/s1. The summed E-state index contributed by atoms with van der Waals surface area (Å²) in [4.78, 5) is 0. The van der Waals surface area contributed by atoms with Gasteiger partial charge in [-0.3, -0.25) is 0 Å². The molecule has 8 saturated heterocycles. The van der Waals surface area contributed by atoms with Gasteiger partial charge in [-0.05, 0) is 234 Å². The highest BCUT2D eigenvalue weighted by atomic mass is 16.8. The predicted octanol–water partition coefficient (Wildman–Crippen LogP) is -5.89. The summed E-state index contributed by atoms with van der Waals surface area (Å²) < 4.78 is 117. The highest BCUT2D eigenvalue weighted by molar-refractivity contribution is 5.14. The zero-order valence-electron chi connectivity index (χ0n) is 86.0. The van der Waals surface area contributed by atoms with E-state index >= 15 is 0 Å². The van der Waals surface area contributed by atoms with Gasteiger partial charge in [0.05, 0.1) is 96.9 Å². The number of hydrogen-bond acceptors (Lipinski definition) is 46. The van der Waals surface area contributed by atoms with Crippen LogP contribution in [0, 0.1) is 98.1 Å². The number of aliphatic hydroxyl groups is 27. The first-order chi connectivity index (χ1) is 70.6. The van der Waals surface area contributed by atoms with Crippen molar-refractivity contribution in [1.29, 1.82) is 0 Å². The van der Waals surface area contributed by atoms with E-state index in [0.29, 0.717) is 85.4 Å². The molecule has 8 heterocycles. The van der Waals surface area contributed by atoms with Gasteiger partial charge in [-0.2, -0.15) is 0 Å². The molecule has 0 aromatic rings. The molecule has 0 radical (unpaired) electrons. The Hall–Kier alpha value is -1.84. The van der Waals surface area contributed by atoms with E-state index in [9.17, 15) is 138 Å². The first kappa shape index (κ1) is 119. The minimum absolute atomic E-state index is 0.0101. The zero-order valence-corrected chi connectivity index (χ0v) is 86.0. The summed E-state index contributed by atoms with van der Waals surface area (Å²) in [5, 5.41) is 293. The molecule has 0 aromatic heterocycles. The minimum atomic E-state index is -2.01. The SMILES string of the molecule is CO[C@H]1C(O)[C@H](O[C@H]2OC(CO)[C@@H](O)C(O)[C@@H]2O)C(CO)O[C@H]1OC1CCC2(C)C(CCC3C2CCC2(C)C(C(C)CCCOCC(COCCCC(C)C4CCC5C6CCC7CC(O[C@H]8OC(CO)[C@H](O[C@@H]9OC(CO)[C@H](O)C(O)[C@H]9O)C(O)[C@H]8O)CCC7(C)C6CCC45C)(CO[C@H]4OC(CO)[C@H](O[C@@H]5OC(CO)[C@H](O)C(O)[C@H]5O)C(O)[C@H]4O)CO[C@@H]4OC(CO)[C@@H](O[C@H]5OC(CO)[C@@H](O)C(O)[C@@H]5O)C(O)[C@@H]4O)CCC32)C1. The van der Waals surface area contributed by atoms with Crippen molar-refractivity contribution >= 4 is 0 Å². The monoisotopic (exact) mass is 2140 g/mol. The molecule has 16 aliphatic rings. The Morgan fingerprint density at radius 1 is 0.270 bits per heavy atom. The molecule has 858 valence electrons. The number of methoxy groups -OCH3 is 1. The van der Waals surface area contributed by atoms with Crippen LogP contribution in [0.2, 0.25) is 0 Å². The summed E-state index contributed by atoms with van der Waals surface area (Å²) >= 11 is 0. The van der Waals surface area contributed by atoms with Crippen molar-refractivity contribution in [3.63, 3.8) is 0 Å². The Morgan fingerprint density at radius 2 is 0.547 bits per heavy atom. The third-order valence-electron chi connectivity index (χ3n) is 39.3. The molecule has 0 bridgehead atoms. The summed E-state index contributed by atoms with van der Waals surface area (Å²) in [6.45, 7) is 7.15. The number of fused-ring (bicyclic) bond motifs is 10. The number of hydrogen-bond donors (Lipinski definition) is 27. The second-order valence-corrected chi connectivity index (χ2v) is 47.5. The molecule has 8 aliphatic carbocycles. The van der Waals surface area contributed by atoms with E-state index < -0.39 is 317 Å². The molecule has 8 saturated carbocycles. The summed E-state index contributed by atoms with van der Waals surface area (Å²) in [5.41, 5.74) is -1.48. The number of aliphatic hydroxyl groups excluding tert-OH is 27.